The van der Waals surface area contributed by atoms with Gasteiger partial charge in [-0.3, -0.25) is 10.1 Å². The molecule has 0 saturated heterocycles. The van der Waals surface area contributed by atoms with Crippen LogP contribution in [-0.4, -0.2) is 17.5 Å². The van der Waals surface area contributed by atoms with Crippen LogP contribution < -0.4 is 10.1 Å². The van der Waals surface area contributed by atoms with Crippen LogP contribution in [0.15, 0.2) is 90.3 Å². The Morgan fingerprint density at radius 3 is 2.36 bits per heavy atom. The molecule has 0 spiro atoms. The van der Waals surface area contributed by atoms with Gasteiger partial charge in [0.05, 0.1) is 12.3 Å². The van der Waals surface area contributed by atoms with Crippen LogP contribution in [0.25, 0.3) is 28.5 Å². The Balaban J connectivity index is 1.33. The molecular weight excluding hydrogens is 428 g/mol. The van der Waals surface area contributed by atoms with Crippen LogP contribution >= 0.6 is 11.3 Å². The van der Waals surface area contributed by atoms with E-state index < -0.39 is 0 Å². The van der Waals surface area contributed by atoms with Crippen LogP contribution in [-0.2, 0) is 4.79 Å². The molecule has 4 aromatic rings. The fourth-order valence-electron chi connectivity index (χ4n) is 3.26. The van der Waals surface area contributed by atoms with Crippen LogP contribution in [0.4, 0.5) is 5.13 Å². The summed E-state index contributed by atoms with van der Waals surface area (Å²) in [6.45, 7) is 2.86. The zero-order valence-electron chi connectivity index (χ0n) is 18.5. The fourth-order valence-corrected chi connectivity index (χ4v) is 3.98. The van der Waals surface area contributed by atoms with Gasteiger partial charge in [-0.25, -0.2) is 4.98 Å². The first-order valence-electron chi connectivity index (χ1n) is 11.0. The second kappa shape index (κ2) is 11.2. The van der Waals surface area contributed by atoms with Crippen molar-refractivity contribution in [2.24, 2.45) is 0 Å². The maximum atomic E-state index is 12.3. The van der Waals surface area contributed by atoms with Gasteiger partial charge in [0.15, 0.2) is 5.13 Å². The molecule has 0 saturated carbocycles. The number of nitrogens with one attached hydrogen (secondary N) is 1. The van der Waals surface area contributed by atoms with Crippen molar-refractivity contribution in [1.82, 2.24) is 4.98 Å². The second-order valence-corrected chi connectivity index (χ2v) is 8.43. The van der Waals surface area contributed by atoms with Gasteiger partial charge in [0, 0.05) is 17.0 Å². The number of carbonyl (C=O) groups excluding carboxylic acids is 1. The molecule has 4 rings (SSSR count). The van der Waals surface area contributed by atoms with Crippen molar-refractivity contribution in [3.8, 4) is 28.1 Å². The first-order valence-corrected chi connectivity index (χ1v) is 11.9. The topological polar surface area (TPSA) is 51.2 Å². The zero-order chi connectivity index (χ0) is 22.9. The minimum atomic E-state index is -0.210. The maximum Gasteiger partial charge on any atom is 0.250 e. The number of anilines is 1. The largest absolute Gasteiger partial charge is 0.494 e. The Bertz CT molecular complexity index is 1200. The highest BCUT2D eigenvalue weighted by Gasteiger charge is 2.07. The third-order valence-corrected chi connectivity index (χ3v) is 5.85. The van der Waals surface area contributed by atoms with E-state index in [4.69, 9.17) is 4.74 Å². The number of amides is 1. The van der Waals surface area contributed by atoms with E-state index in [1.807, 2.05) is 47.8 Å². The van der Waals surface area contributed by atoms with Crippen LogP contribution in [0.5, 0.6) is 5.75 Å². The second-order valence-electron chi connectivity index (χ2n) is 7.57. The summed E-state index contributed by atoms with van der Waals surface area (Å²) in [5.74, 6) is 0.635. The summed E-state index contributed by atoms with van der Waals surface area (Å²) in [6.07, 6.45) is 5.45. The number of ether oxygens (including phenoxy) is 1. The molecule has 0 atom stereocenters. The number of thiazole rings is 1. The van der Waals surface area contributed by atoms with Crippen molar-refractivity contribution < 1.29 is 9.53 Å². The minimum Gasteiger partial charge on any atom is -0.494 e. The summed E-state index contributed by atoms with van der Waals surface area (Å²) in [7, 11) is 0. The van der Waals surface area contributed by atoms with Crippen LogP contribution in [0.2, 0.25) is 0 Å². The van der Waals surface area contributed by atoms with Gasteiger partial charge in [0.1, 0.15) is 5.75 Å². The van der Waals surface area contributed by atoms with Gasteiger partial charge in [-0.2, -0.15) is 0 Å². The zero-order valence-corrected chi connectivity index (χ0v) is 19.3. The molecule has 1 heterocycles. The Labute approximate surface area is 198 Å². The lowest BCUT2D eigenvalue weighted by Gasteiger charge is -2.05. The average molecular weight is 455 g/mol. The highest BCUT2D eigenvalue weighted by molar-refractivity contribution is 7.14. The molecule has 166 valence electrons. The predicted octanol–water partition coefficient (Wildman–Crippen LogP) is 7.31. The van der Waals surface area contributed by atoms with E-state index in [1.165, 1.54) is 23.0 Å². The van der Waals surface area contributed by atoms with Crippen molar-refractivity contribution >= 4 is 28.5 Å². The van der Waals surface area contributed by atoms with Gasteiger partial charge >= 0.3 is 0 Å². The highest BCUT2D eigenvalue weighted by atomic mass is 32.1. The molecule has 4 nitrogen and oxygen atoms in total. The van der Waals surface area contributed by atoms with Crippen LogP contribution in [0, 0.1) is 0 Å². The minimum absolute atomic E-state index is 0.210. The lowest BCUT2D eigenvalue weighted by molar-refractivity contribution is -0.111. The van der Waals surface area contributed by atoms with E-state index in [0.29, 0.717) is 5.13 Å². The Morgan fingerprint density at radius 2 is 1.64 bits per heavy atom. The number of aromatic nitrogens is 1. The number of benzene rings is 3. The lowest BCUT2D eigenvalue weighted by Crippen LogP contribution is -2.07. The molecule has 0 aliphatic rings. The number of rotatable bonds is 9. The normalized spacial score (nSPS) is 10.9. The molecule has 0 fully saturated rings. The molecule has 0 aliphatic carbocycles. The summed E-state index contributed by atoms with van der Waals surface area (Å²) >= 11 is 1.41. The number of hydrogen-bond acceptors (Lipinski definition) is 4. The summed E-state index contributed by atoms with van der Waals surface area (Å²) in [5.41, 5.74) is 5.14. The van der Waals surface area contributed by atoms with Crippen LogP contribution in [0.1, 0.15) is 25.3 Å². The van der Waals surface area contributed by atoms with E-state index in [2.05, 4.69) is 53.6 Å². The fraction of sp³-hybridized carbons (Fsp3) is 0.143. The smallest absolute Gasteiger partial charge is 0.250 e. The van der Waals surface area contributed by atoms with E-state index in [-0.39, 0.29) is 5.91 Å². The van der Waals surface area contributed by atoms with E-state index in [0.717, 1.165) is 47.6 Å². The average Bonchev–Trinajstić information content (AvgIpc) is 3.33. The molecule has 5 heteroatoms. The SMILES string of the molecule is CCCCOc1ccc(/C=C/C(=O)Nc2nc(-c3ccc(-c4ccccc4)cc3)cs2)cc1. The molecule has 33 heavy (non-hydrogen) atoms. The number of hydrogen-bond donors (Lipinski definition) is 1. The van der Waals surface area contributed by atoms with Crippen molar-refractivity contribution in [2.75, 3.05) is 11.9 Å². The van der Waals surface area contributed by atoms with Gasteiger partial charge in [0.25, 0.3) is 0 Å². The standard InChI is InChI=1S/C28H26N2O2S/c1-2-3-19-32-25-16-9-21(10-17-25)11-18-27(31)30-28-29-26(20-33-28)24-14-12-23(13-15-24)22-7-5-4-6-8-22/h4-18,20H,2-3,19H2,1H3,(H,29,30,31)/b18-11+. The van der Waals surface area contributed by atoms with Crippen molar-refractivity contribution in [1.29, 1.82) is 0 Å². The third kappa shape index (κ3) is 6.40. The van der Waals surface area contributed by atoms with Gasteiger partial charge in [-0.15, -0.1) is 11.3 Å². The van der Waals surface area contributed by atoms with Crippen molar-refractivity contribution in [3.63, 3.8) is 0 Å². The monoisotopic (exact) mass is 454 g/mol. The molecule has 1 N–H and O–H groups in total. The highest BCUT2D eigenvalue weighted by Crippen LogP contribution is 2.27. The third-order valence-electron chi connectivity index (χ3n) is 5.10. The number of unbranched alkanes of at least 4 members (excludes halogenated alkanes) is 1. The predicted molar refractivity (Wildman–Crippen MR) is 137 cm³/mol. The molecule has 0 radical (unpaired) electrons. The quantitative estimate of drug-likeness (QED) is 0.213. The Hall–Kier alpha value is -3.70. The molecule has 0 aliphatic heterocycles. The van der Waals surface area contributed by atoms with Gasteiger partial charge < -0.3 is 4.74 Å². The van der Waals surface area contributed by atoms with E-state index in [9.17, 15) is 4.79 Å². The number of carbonyl (C=O) groups is 1. The maximum absolute atomic E-state index is 12.3. The van der Waals surface area contributed by atoms with Crippen molar-refractivity contribution in [3.05, 3.63) is 95.9 Å². The van der Waals surface area contributed by atoms with Gasteiger partial charge in [0.2, 0.25) is 5.91 Å². The van der Waals surface area contributed by atoms with Crippen LogP contribution in [0.3, 0.4) is 0 Å². The summed E-state index contributed by atoms with van der Waals surface area (Å²) < 4.78 is 5.66. The Morgan fingerprint density at radius 1 is 0.939 bits per heavy atom. The molecule has 1 aromatic heterocycles. The summed E-state index contributed by atoms with van der Waals surface area (Å²) in [4.78, 5) is 16.9. The Kier molecular flexibility index (Phi) is 7.67. The van der Waals surface area contributed by atoms with Gasteiger partial charge in [-0.05, 0) is 41.3 Å². The molecule has 0 bridgehead atoms. The number of nitrogens with zero attached hydrogens (tertiary/aromatic N) is 1. The lowest BCUT2D eigenvalue weighted by atomic mass is 10.0. The molecule has 3 aromatic carbocycles. The first kappa shape index (κ1) is 22.5. The summed E-state index contributed by atoms with van der Waals surface area (Å²) in [5, 5.41) is 5.37. The molecule has 0 unspecified atom stereocenters. The molecular formula is C28H26N2O2S. The van der Waals surface area contributed by atoms with E-state index >= 15 is 0 Å². The molecule has 1 amide bonds. The van der Waals surface area contributed by atoms with Gasteiger partial charge in [-0.1, -0.05) is 80.1 Å². The van der Waals surface area contributed by atoms with E-state index in [1.54, 1.807) is 6.08 Å². The summed E-state index contributed by atoms with van der Waals surface area (Å²) in [6, 6.07) is 26.3. The first-order chi connectivity index (χ1) is 16.2. The van der Waals surface area contributed by atoms with Crippen molar-refractivity contribution in [2.45, 2.75) is 19.8 Å².